The molecule has 3 aromatic carbocycles. The standard InChI is InChI=1S/C59H82O14/c1-45(2)57(61)68-38-21-15-11-9-8-10-12-16-22-39-69-59(63)53-43-49(25-19-13-17-23-40-70-72-54-35-32-51(44-55(54)65-6)47(4)58(62)66-7)27-31-50(53)26-20-14-18-24-41-71-73-56(60)36-30-48-28-33-52(34-29-48)67-42-37-46(3)64-5/h27-36,43-44,46H,1,4,8-26,37-42H2,2-3,5-7H3. The highest BCUT2D eigenvalue weighted by molar-refractivity contribution is 6.15. The summed E-state index contributed by atoms with van der Waals surface area (Å²) in [5.74, 6) is -0.156. The van der Waals surface area contributed by atoms with Crippen LogP contribution in [0.3, 0.4) is 0 Å². The van der Waals surface area contributed by atoms with Gasteiger partial charge in [-0.25, -0.2) is 19.2 Å². The van der Waals surface area contributed by atoms with E-state index in [4.69, 9.17) is 48.0 Å². The fourth-order valence-electron chi connectivity index (χ4n) is 7.53. The van der Waals surface area contributed by atoms with Gasteiger partial charge in [-0.3, -0.25) is 4.89 Å². The molecule has 402 valence electrons. The molecule has 0 aromatic heterocycles. The molecule has 0 heterocycles. The van der Waals surface area contributed by atoms with E-state index in [1.807, 2.05) is 37.3 Å². The number of methoxy groups -OCH3 is 3. The molecule has 3 aromatic rings. The Kier molecular flexibility index (Phi) is 31.7. The average molecular weight is 1020 g/mol. The van der Waals surface area contributed by atoms with Crippen LogP contribution in [0.15, 0.2) is 85.5 Å². The van der Waals surface area contributed by atoms with Crippen molar-refractivity contribution in [2.24, 2.45) is 0 Å². The molecule has 0 radical (unpaired) electrons. The van der Waals surface area contributed by atoms with E-state index in [-0.39, 0.29) is 30.2 Å². The smallest absolute Gasteiger partial charge is 0.365 e. The molecule has 0 N–H and O–H groups in total. The van der Waals surface area contributed by atoms with Gasteiger partial charge in [0.15, 0.2) is 5.75 Å². The van der Waals surface area contributed by atoms with Crippen molar-refractivity contribution in [3.8, 4) is 17.2 Å². The van der Waals surface area contributed by atoms with Crippen LogP contribution in [0.5, 0.6) is 17.2 Å². The van der Waals surface area contributed by atoms with E-state index < -0.39 is 11.9 Å². The van der Waals surface area contributed by atoms with Gasteiger partial charge in [-0.05, 0) is 124 Å². The molecule has 3 rings (SSSR count). The van der Waals surface area contributed by atoms with Crippen LogP contribution in [0.1, 0.15) is 162 Å². The lowest BCUT2D eigenvalue weighted by Crippen LogP contribution is -2.10. The highest BCUT2D eigenvalue weighted by Gasteiger charge is 2.16. The molecular weight excluding hydrogens is 933 g/mol. The molecule has 73 heavy (non-hydrogen) atoms. The van der Waals surface area contributed by atoms with Crippen molar-refractivity contribution < 1.29 is 67.1 Å². The molecule has 0 saturated carbocycles. The van der Waals surface area contributed by atoms with Crippen molar-refractivity contribution in [2.45, 2.75) is 148 Å². The SMILES string of the molecule is C=C(C)C(=O)OCCCCCCCCCCCOC(=O)c1cc(CCCCCCOOc2ccc(C(=C)C(=O)OC)cc2OC)ccc1CCCCCCOOC(=O)C=Cc1ccc(OCCC(C)OC)cc1. The van der Waals surface area contributed by atoms with Crippen LogP contribution in [0.25, 0.3) is 11.6 Å². The third-order valence-corrected chi connectivity index (χ3v) is 12.1. The van der Waals surface area contributed by atoms with Crippen molar-refractivity contribution in [3.63, 3.8) is 0 Å². The van der Waals surface area contributed by atoms with Crippen molar-refractivity contribution in [1.82, 2.24) is 0 Å². The van der Waals surface area contributed by atoms with Crippen molar-refractivity contribution in [3.05, 3.63) is 113 Å². The Bertz CT molecular complexity index is 2130. The number of benzene rings is 3. The Morgan fingerprint density at radius 2 is 1.21 bits per heavy atom. The molecule has 0 aliphatic rings. The molecule has 1 unspecified atom stereocenters. The van der Waals surface area contributed by atoms with E-state index in [0.717, 1.165) is 151 Å². The highest BCUT2D eigenvalue weighted by atomic mass is 17.2. The van der Waals surface area contributed by atoms with Crippen molar-refractivity contribution in [2.75, 3.05) is 54.4 Å². The third-order valence-electron chi connectivity index (χ3n) is 12.1. The minimum atomic E-state index is -0.582. The van der Waals surface area contributed by atoms with Gasteiger partial charge in [0.05, 0.1) is 64.5 Å². The van der Waals surface area contributed by atoms with Crippen LogP contribution in [0.2, 0.25) is 0 Å². The number of ether oxygens (including phenoxy) is 6. The molecule has 14 nitrogen and oxygen atoms in total. The van der Waals surface area contributed by atoms with E-state index >= 15 is 0 Å². The minimum absolute atomic E-state index is 0.133. The fraction of sp³-hybridized carbons (Fsp3) is 0.525. The lowest BCUT2D eigenvalue weighted by atomic mass is 9.96. The maximum Gasteiger partial charge on any atom is 0.365 e. The van der Waals surface area contributed by atoms with Crippen LogP contribution >= 0.6 is 0 Å². The number of unbranched alkanes of at least 4 members (excludes halogenated alkanes) is 14. The van der Waals surface area contributed by atoms with Crippen molar-refractivity contribution in [1.29, 1.82) is 0 Å². The normalized spacial score (nSPS) is 11.5. The third kappa shape index (κ3) is 26.5. The van der Waals surface area contributed by atoms with Crippen LogP contribution in [-0.4, -0.2) is 84.3 Å². The number of hydrogen-bond acceptors (Lipinski definition) is 14. The van der Waals surface area contributed by atoms with Gasteiger partial charge in [0.2, 0.25) is 5.75 Å². The summed E-state index contributed by atoms with van der Waals surface area (Å²) < 4.78 is 32.2. The largest absolute Gasteiger partial charge is 0.493 e. The van der Waals surface area contributed by atoms with E-state index in [9.17, 15) is 19.2 Å². The summed E-state index contributed by atoms with van der Waals surface area (Å²) in [6.07, 6.45) is 22.0. The molecular formula is C59H82O14. The van der Waals surface area contributed by atoms with Gasteiger partial charge in [0.1, 0.15) is 5.75 Å². The second-order valence-corrected chi connectivity index (χ2v) is 18.1. The maximum absolute atomic E-state index is 13.6. The van der Waals surface area contributed by atoms with Gasteiger partial charge in [0.25, 0.3) is 0 Å². The zero-order valence-corrected chi connectivity index (χ0v) is 44.3. The minimum Gasteiger partial charge on any atom is -0.493 e. The first-order valence-corrected chi connectivity index (χ1v) is 26.1. The highest BCUT2D eigenvalue weighted by Crippen LogP contribution is 2.31. The van der Waals surface area contributed by atoms with Crippen LogP contribution in [0.4, 0.5) is 0 Å². The van der Waals surface area contributed by atoms with Crippen molar-refractivity contribution >= 4 is 35.5 Å². The summed E-state index contributed by atoms with van der Waals surface area (Å²) in [5, 5.41) is 0. The van der Waals surface area contributed by atoms with Crippen LogP contribution in [-0.2, 0) is 60.8 Å². The number of rotatable bonds is 41. The van der Waals surface area contributed by atoms with Gasteiger partial charge in [-0.15, -0.1) is 0 Å². The zero-order valence-electron chi connectivity index (χ0n) is 44.3. The summed E-state index contributed by atoms with van der Waals surface area (Å²) in [6.45, 7) is 13.1. The lowest BCUT2D eigenvalue weighted by Gasteiger charge is -2.13. The van der Waals surface area contributed by atoms with Crippen LogP contribution < -0.4 is 14.4 Å². The molecule has 0 aliphatic carbocycles. The lowest BCUT2D eigenvalue weighted by molar-refractivity contribution is -0.267. The molecule has 0 fully saturated rings. The predicted molar refractivity (Wildman–Crippen MR) is 283 cm³/mol. The van der Waals surface area contributed by atoms with E-state index in [0.29, 0.717) is 54.6 Å². The Balaban J connectivity index is 1.39. The summed E-state index contributed by atoms with van der Waals surface area (Å²) in [4.78, 5) is 70.2. The Labute approximate surface area is 434 Å². The number of carbonyl (C=O) groups excluding carboxylic acids is 4. The number of aryl methyl sites for hydroxylation is 2. The Morgan fingerprint density at radius 3 is 1.84 bits per heavy atom. The van der Waals surface area contributed by atoms with E-state index in [1.54, 1.807) is 38.3 Å². The first-order chi connectivity index (χ1) is 35.4. The molecule has 0 bridgehead atoms. The Hall–Kier alpha value is -5.96. The molecule has 1 atom stereocenters. The number of esters is 3. The van der Waals surface area contributed by atoms with Gasteiger partial charge in [-0.2, -0.15) is 9.78 Å². The second kappa shape index (κ2) is 37.7. The van der Waals surface area contributed by atoms with Crippen LogP contribution in [0, 0.1) is 0 Å². The molecule has 0 amide bonds. The van der Waals surface area contributed by atoms with Gasteiger partial charge < -0.3 is 33.3 Å². The molecule has 0 saturated heterocycles. The first-order valence-electron chi connectivity index (χ1n) is 26.1. The second-order valence-electron chi connectivity index (χ2n) is 18.1. The van der Waals surface area contributed by atoms with Gasteiger partial charge >= 0.3 is 23.9 Å². The summed E-state index contributed by atoms with van der Waals surface area (Å²) in [6, 6.07) is 18.6. The van der Waals surface area contributed by atoms with E-state index in [1.165, 1.54) is 20.3 Å². The summed E-state index contributed by atoms with van der Waals surface area (Å²) in [5.41, 5.74) is 4.75. The monoisotopic (exact) mass is 1010 g/mol. The zero-order chi connectivity index (χ0) is 52.9. The number of hydrogen-bond donors (Lipinski definition) is 0. The van der Waals surface area contributed by atoms with Gasteiger partial charge in [-0.1, -0.05) is 114 Å². The molecule has 14 heteroatoms. The Morgan fingerprint density at radius 1 is 0.603 bits per heavy atom. The quantitative estimate of drug-likeness (QED) is 0.0132. The predicted octanol–water partition coefficient (Wildman–Crippen LogP) is 12.9. The van der Waals surface area contributed by atoms with Gasteiger partial charge in [0, 0.05) is 25.2 Å². The first kappa shape index (κ1) is 61.3. The maximum atomic E-state index is 13.6. The average Bonchev–Trinajstić information content (AvgIpc) is 3.40. The molecule has 0 spiro atoms. The topological polar surface area (TPSA) is 161 Å². The fourth-order valence-corrected chi connectivity index (χ4v) is 7.53. The number of carbonyl (C=O) groups is 4. The summed E-state index contributed by atoms with van der Waals surface area (Å²) in [7, 11) is 4.49. The molecule has 0 aliphatic heterocycles. The summed E-state index contributed by atoms with van der Waals surface area (Å²) >= 11 is 0. The van der Waals surface area contributed by atoms with E-state index in [2.05, 4.69) is 25.3 Å².